The van der Waals surface area contributed by atoms with Gasteiger partial charge in [0.25, 0.3) is 0 Å². The Kier molecular flexibility index (Phi) is 4.94. The van der Waals surface area contributed by atoms with E-state index < -0.39 is 10.0 Å². The van der Waals surface area contributed by atoms with E-state index in [1.165, 1.54) is 6.07 Å². The van der Waals surface area contributed by atoms with Crippen molar-refractivity contribution in [2.45, 2.75) is 24.3 Å². The first kappa shape index (κ1) is 15.9. The zero-order chi connectivity index (χ0) is 15.5. The predicted octanol–water partition coefficient (Wildman–Crippen LogP) is -0.0406. The van der Waals surface area contributed by atoms with Gasteiger partial charge in [-0.1, -0.05) is 6.07 Å². The fourth-order valence-electron chi connectivity index (χ4n) is 2.22. The maximum Gasteiger partial charge on any atom is 0.238 e. The predicted molar refractivity (Wildman–Crippen MR) is 78.4 cm³/mol. The lowest BCUT2D eigenvalue weighted by atomic mass is 10.1. The highest BCUT2D eigenvalue weighted by molar-refractivity contribution is 7.89. The smallest absolute Gasteiger partial charge is 0.238 e. The molecule has 1 saturated heterocycles. The first-order valence-electron chi connectivity index (χ1n) is 6.62. The number of carbonyl (C=O) groups excluding carboxylic acids is 1. The highest BCUT2D eigenvalue weighted by atomic mass is 32.2. The van der Waals surface area contributed by atoms with Crippen molar-refractivity contribution in [2.24, 2.45) is 5.14 Å². The molecule has 1 amide bonds. The van der Waals surface area contributed by atoms with Crippen LogP contribution in [0, 0.1) is 6.92 Å². The number of amides is 1. The summed E-state index contributed by atoms with van der Waals surface area (Å²) >= 11 is 0. The molecule has 4 N–H and O–H groups in total. The summed E-state index contributed by atoms with van der Waals surface area (Å²) in [5.41, 5.74) is 0.867. The van der Waals surface area contributed by atoms with Gasteiger partial charge in [0, 0.05) is 18.8 Å². The first-order chi connectivity index (χ1) is 9.88. The minimum Gasteiger partial charge on any atom is -0.375 e. The molecular formula is C13H19N3O4S. The number of ether oxygens (including phenoxy) is 1. The number of morpholine rings is 1. The Balaban J connectivity index is 2.07. The third-order valence-electron chi connectivity index (χ3n) is 3.28. The molecule has 1 aromatic carbocycles. The Morgan fingerprint density at radius 2 is 2.29 bits per heavy atom. The van der Waals surface area contributed by atoms with E-state index in [1.807, 2.05) is 0 Å². The number of benzene rings is 1. The Hall–Kier alpha value is -1.48. The maximum atomic E-state index is 12.0. The fraction of sp³-hybridized carbons (Fsp3) is 0.462. The number of hydrogen-bond acceptors (Lipinski definition) is 5. The molecule has 1 aromatic rings. The average molecular weight is 313 g/mol. The van der Waals surface area contributed by atoms with Gasteiger partial charge in [0.15, 0.2) is 0 Å². The van der Waals surface area contributed by atoms with Crippen LogP contribution in [0.1, 0.15) is 12.0 Å². The van der Waals surface area contributed by atoms with Crippen LogP contribution in [0.3, 0.4) is 0 Å². The number of rotatable bonds is 4. The van der Waals surface area contributed by atoms with Crippen LogP contribution in [0.25, 0.3) is 0 Å². The molecule has 1 atom stereocenters. The number of hydrogen-bond donors (Lipinski definition) is 3. The molecule has 2 rings (SSSR count). The number of nitrogens with two attached hydrogens (primary N) is 1. The van der Waals surface area contributed by atoms with E-state index >= 15 is 0 Å². The minimum atomic E-state index is -3.80. The molecule has 1 heterocycles. The van der Waals surface area contributed by atoms with E-state index in [0.29, 0.717) is 24.4 Å². The van der Waals surface area contributed by atoms with Crippen molar-refractivity contribution in [1.29, 1.82) is 0 Å². The molecule has 21 heavy (non-hydrogen) atoms. The van der Waals surface area contributed by atoms with Gasteiger partial charge < -0.3 is 15.4 Å². The lowest BCUT2D eigenvalue weighted by Gasteiger charge is -2.23. The number of anilines is 1. The number of sulfonamides is 1. The molecule has 8 heteroatoms. The quantitative estimate of drug-likeness (QED) is 0.722. The molecule has 1 aliphatic rings. The highest BCUT2D eigenvalue weighted by Gasteiger charge is 2.19. The van der Waals surface area contributed by atoms with Crippen LogP contribution in [0.15, 0.2) is 23.1 Å². The molecule has 0 radical (unpaired) electrons. The molecule has 1 aliphatic heterocycles. The van der Waals surface area contributed by atoms with E-state index in [0.717, 1.165) is 6.54 Å². The summed E-state index contributed by atoms with van der Waals surface area (Å²) in [6, 6.07) is 4.59. The van der Waals surface area contributed by atoms with Gasteiger partial charge in [-0.3, -0.25) is 4.79 Å². The van der Waals surface area contributed by atoms with Crippen molar-refractivity contribution >= 4 is 21.6 Å². The standard InChI is InChI=1S/C13H19N3O4S/c1-9-11(3-2-4-12(9)21(14,18)19)16-13(17)7-10-8-15-5-6-20-10/h2-4,10,15H,5-8H2,1H3,(H,16,17)(H2,14,18,19). The SMILES string of the molecule is Cc1c(NC(=O)CC2CNCCO2)cccc1S(N)(=O)=O. The summed E-state index contributed by atoms with van der Waals surface area (Å²) in [6.07, 6.45) is 0.0481. The van der Waals surface area contributed by atoms with Crippen LogP contribution in [0.4, 0.5) is 5.69 Å². The summed E-state index contributed by atoms with van der Waals surface area (Å²) in [4.78, 5) is 12.0. The van der Waals surface area contributed by atoms with E-state index in [4.69, 9.17) is 9.88 Å². The summed E-state index contributed by atoms with van der Waals surface area (Å²) < 4.78 is 28.3. The second-order valence-corrected chi connectivity index (χ2v) is 6.45. The number of primary sulfonamides is 1. The van der Waals surface area contributed by atoms with E-state index in [-0.39, 0.29) is 23.3 Å². The zero-order valence-corrected chi connectivity index (χ0v) is 12.6. The van der Waals surface area contributed by atoms with Crippen LogP contribution in [0.5, 0.6) is 0 Å². The van der Waals surface area contributed by atoms with Crippen molar-refractivity contribution in [3.8, 4) is 0 Å². The van der Waals surface area contributed by atoms with E-state index in [1.54, 1.807) is 19.1 Å². The molecule has 0 spiro atoms. The Morgan fingerprint density at radius 1 is 1.52 bits per heavy atom. The molecular weight excluding hydrogens is 294 g/mol. The van der Waals surface area contributed by atoms with Crippen LogP contribution in [0.2, 0.25) is 0 Å². The van der Waals surface area contributed by atoms with Crippen molar-refractivity contribution in [1.82, 2.24) is 5.32 Å². The summed E-state index contributed by atoms with van der Waals surface area (Å²) in [5, 5.41) is 11.0. The lowest BCUT2D eigenvalue weighted by molar-refractivity contribution is -0.119. The molecule has 0 aromatic heterocycles. The van der Waals surface area contributed by atoms with Crippen molar-refractivity contribution in [3.63, 3.8) is 0 Å². The molecule has 1 unspecified atom stereocenters. The zero-order valence-electron chi connectivity index (χ0n) is 11.8. The third kappa shape index (κ3) is 4.24. The topological polar surface area (TPSA) is 111 Å². The van der Waals surface area contributed by atoms with Gasteiger partial charge in [-0.25, -0.2) is 13.6 Å². The largest absolute Gasteiger partial charge is 0.375 e. The van der Waals surface area contributed by atoms with Gasteiger partial charge in [-0.05, 0) is 24.6 Å². The van der Waals surface area contributed by atoms with Crippen molar-refractivity contribution < 1.29 is 17.9 Å². The van der Waals surface area contributed by atoms with Crippen LogP contribution in [-0.4, -0.2) is 40.1 Å². The molecule has 0 aliphatic carbocycles. The van der Waals surface area contributed by atoms with E-state index in [2.05, 4.69) is 10.6 Å². The van der Waals surface area contributed by atoms with E-state index in [9.17, 15) is 13.2 Å². The van der Waals surface area contributed by atoms with Crippen molar-refractivity contribution in [3.05, 3.63) is 23.8 Å². The summed E-state index contributed by atoms with van der Waals surface area (Å²) in [6.45, 7) is 3.60. The second-order valence-electron chi connectivity index (χ2n) is 4.92. The Morgan fingerprint density at radius 3 is 2.90 bits per heavy atom. The van der Waals surface area contributed by atoms with Gasteiger partial charge in [0.2, 0.25) is 15.9 Å². The number of nitrogens with one attached hydrogen (secondary N) is 2. The molecule has 0 bridgehead atoms. The molecule has 7 nitrogen and oxygen atoms in total. The van der Waals surface area contributed by atoms with Gasteiger partial charge in [0.05, 0.1) is 24.0 Å². The van der Waals surface area contributed by atoms with Gasteiger partial charge in [-0.15, -0.1) is 0 Å². The van der Waals surface area contributed by atoms with Crippen LogP contribution in [-0.2, 0) is 19.6 Å². The summed E-state index contributed by atoms with van der Waals surface area (Å²) in [7, 11) is -3.80. The van der Waals surface area contributed by atoms with Crippen LogP contribution >= 0.6 is 0 Å². The summed E-state index contributed by atoms with van der Waals surface area (Å²) in [5.74, 6) is -0.224. The minimum absolute atomic E-state index is 0.0101. The second kappa shape index (κ2) is 6.52. The van der Waals surface area contributed by atoms with Gasteiger partial charge in [-0.2, -0.15) is 0 Å². The normalized spacial score (nSPS) is 19.2. The molecule has 116 valence electrons. The average Bonchev–Trinajstić information content (AvgIpc) is 2.41. The fourth-order valence-corrected chi connectivity index (χ4v) is 3.02. The Bertz CT molecular complexity index is 624. The van der Waals surface area contributed by atoms with Gasteiger partial charge >= 0.3 is 0 Å². The highest BCUT2D eigenvalue weighted by Crippen LogP contribution is 2.22. The monoisotopic (exact) mass is 313 g/mol. The lowest BCUT2D eigenvalue weighted by Crippen LogP contribution is -2.40. The maximum absolute atomic E-state index is 12.0. The van der Waals surface area contributed by atoms with Crippen LogP contribution < -0.4 is 15.8 Å². The van der Waals surface area contributed by atoms with Crippen molar-refractivity contribution in [2.75, 3.05) is 25.0 Å². The Labute approximate surface area is 123 Å². The van der Waals surface area contributed by atoms with Gasteiger partial charge in [0.1, 0.15) is 0 Å². The molecule has 0 saturated carbocycles. The third-order valence-corrected chi connectivity index (χ3v) is 4.34. The molecule has 1 fully saturated rings. The first-order valence-corrected chi connectivity index (χ1v) is 8.17. The number of carbonyl (C=O) groups is 1.